The van der Waals surface area contributed by atoms with E-state index in [0.29, 0.717) is 12.1 Å². The van der Waals surface area contributed by atoms with Crippen LogP contribution in [0.25, 0.3) is 0 Å². The number of hydrogen-bond acceptors (Lipinski definition) is 4. The Morgan fingerprint density at radius 3 is 2.35 bits per heavy atom. The number of hydrogen-bond donors (Lipinski definition) is 3. The summed E-state index contributed by atoms with van der Waals surface area (Å²) in [6.45, 7) is 5.65. The summed E-state index contributed by atoms with van der Waals surface area (Å²) in [5, 5.41) is 14.1. The van der Waals surface area contributed by atoms with Crippen LogP contribution in [0.3, 0.4) is 0 Å². The van der Waals surface area contributed by atoms with Gasteiger partial charge in [0.1, 0.15) is 11.3 Å². The van der Waals surface area contributed by atoms with Crippen molar-refractivity contribution in [1.82, 2.24) is 5.32 Å². The third-order valence-corrected chi connectivity index (χ3v) is 2.85. The van der Waals surface area contributed by atoms with Crippen molar-refractivity contribution in [2.24, 2.45) is 5.41 Å². The SMILES string of the molecule is COc1cc(NC(=O)CNC(=O)CC(C)(C)C)ccc1C(=O)O. The molecular formula is C16H22N2O5. The molecule has 0 spiro atoms. The van der Waals surface area contributed by atoms with Crippen LogP contribution in [-0.4, -0.2) is 36.5 Å². The van der Waals surface area contributed by atoms with E-state index in [1.54, 1.807) is 0 Å². The molecule has 0 atom stereocenters. The highest BCUT2D eigenvalue weighted by molar-refractivity contribution is 5.96. The van der Waals surface area contributed by atoms with E-state index >= 15 is 0 Å². The quantitative estimate of drug-likeness (QED) is 0.742. The maximum atomic E-state index is 11.8. The van der Waals surface area contributed by atoms with E-state index in [9.17, 15) is 14.4 Å². The number of ether oxygens (including phenoxy) is 1. The summed E-state index contributed by atoms with van der Waals surface area (Å²) in [5.41, 5.74) is 0.242. The molecule has 0 fully saturated rings. The largest absolute Gasteiger partial charge is 0.496 e. The predicted octanol–water partition coefficient (Wildman–Crippen LogP) is 1.88. The maximum absolute atomic E-state index is 11.8. The lowest BCUT2D eigenvalue weighted by Crippen LogP contribution is -2.34. The van der Waals surface area contributed by atoms with Gasteiger partial charge in [-0.25, -0.2) is 4.79 Å². The Labute approximate surface area is 135 Å². The van der Waals surface area contributed by atoms with Crippen LogP contribution in [0.4, 0.5) is 5.69 Å². The lowest BCUT2D eigenvalue weighted by Gasteiger charge is -2.17. The van der Waals surface area contributed by atoms with Crippen molar-refractivity contribution in [3.05, 3.63) is 23.8 Å². The number of carboxylic acid groups (broad SMARTS) is 1. The third-order valence-electron chi connectivity index (χ3n) is 2.85. The Kier molecular flexibility index (Phi) is 6.12. The number of nitrogens with one attached hydrogen (secondary N) is 2. The molecule has 0 bridgehead atoms. The molecule has 0 aliphatic carbocycles. The minimum Gasteiger partial charge on any atom is -0.496 e. The molecule has 1 aromatic carbocycles. The van der Waals surface area contributed by atoms with Crippen LogP contribution in [-0.2, 0) is 9.59 Å². The number of rotatable bonds is 6. The van der Waals surface area contributed by atoms with E-state index in [1.165, 1.54) is 25.3 Å². The molecule has 0 heterocycles. The van der Waals surface area contributed by atoms with Crippen molar-refractivity contribution >= 4 is 23.5 Å². The van der Waals surface area contributed by atoms with E-state index in [0.717, 1.165) is 0 Å². The zero-order chi connectivity index (χ0) is 17.6. The number of anilines is 1. The van der Waals surface area contributed by atoms with Crippen LogP contribution in [0.2, 0.25) is 0 Å². The van der Waals surface area contributed by atoms with Gasteiger partial charge in [-0.1, -0.05) is 20.8 Å². The summed E-state index contributed by atoms with van der Waals surface area (Å²) in [6, 6.07) is 4.22. The minimum atomic E-state index is -1.12. The summed E-state index contributed by atoms with van der Waals surface area (Å²) in [4.78, 5) is 34.5. The number of carboxylic acids is 1. The Bertz CT molecular complexity index is 605. The molecule has 0 aromatic heterocycles. The van der Waals surface area contributed by atoms with Crippen molar-refractivity contribution in [2.45, 2.75) is 27.2 Å². The van der Waals surface area contributed by atoms with Crippen molar-refractivity contribution < 1.29 is 24.2 Å². The van der Waals surface area contributed by atoms with Gasteiger partial charge in [0.25, 0.3) is 0 Å². The Hall–Kier alpha value is -2.57. The molecule has 3 N–H and O–H groups in total. The molecule has 0 aliphatic heterocycles. The highest BCUT2D eigenvalue weighted by Crippen LogP contribution is 2.23. The topological polar surface area (TPSA) is 105 Å². The summed E-state index contributed by atoms with van der Waals surface area (Å²) < 4.78 is 4.98. The van der Waals surface area contributed by atoms with Gasteiger partial charge in [-0.05, 0) is 17.5 Å². The number of amides is 2. The van der Waals surface area contributed by atoms with Crippen molar-refractivity contribution in [1.29, 1.82) is 0 Å². The molecule has 23 heavy (non-hydrogen) atoms. The van der Waals surface area contributed by atoms with Crippen LogP contribution < -0.4 is 15.4 Å². The standard InChI is InChI=1S/C16H22N2O5/c1-16(2,3)8-13(19)17-9-14(20)18-10-5-6-11(15(21)22)12(7-10)23-4/h5-7H,8-9H2,1-4H3,(H,17,19)(H,18,20)(H,21,22). The second-order valence-electron chi connectivity index (χ2n) is 6.28. The molecule has 1 aromatic rings. The average molecular weight is 322 g/mol. The maximum Gasteiger partial charge on any atom is 0.339 e. The number of methoxy groups -OCH3 is 1. The van der Waals surface area contributed by atoms with Crippen molar-refractivity contribution in [2.75, 3.05) is 19.0 Å². The van der Waals surface area contributed by atoms with Gasteiger partial charge < -0.3 is 20.5 Å². The first-order chi connectivity index (χ1) is 10.6. The smallest absolute Gasteiger partial charge is 0.339 e. The second-order valence-corrected chi connectivity index (χ2v) is 6.28. The first-order valence-electron chi connectivity index (χ1n) is 7.10. The molecule has 0 aliphatic rings. The highest BCUT2D eigenvalue weighted by atomic mass is 16.5. The molecular weight excluding hydrogens is 300 g/mol. The first-order valence-corrected chi connectivity index (χ1v) is 7.10. The summed E-state index contributed by atoms with van der Waals surface area (Å²) >= 11 is 0. The lowest BCUT2D eigenvalue weighted by atomic mass is 9.92. The van der Waals surface area contributed by atoms with Gasteiger partial charge in [-0.15, -0.1) is 0 Å². The molecule has 0 unspecified atom stereocenters. The van der Waals surface area contributed by atoms with Crippen molar-refractivity contribution in [3.63, 3.8) is 0 Å². The predicted molar refractivity (Wildman–Crippen MR) is 85.7 cm³/mol. The number of carbonyl (C=O) groups is 3. The zero-order valence-electron chi connectivity index (χ0n) is 13.7. The highest BCUT2D eigenvalue weighted by Gasteiger charge is 2.17. The molecule has 2 amide bonds. The van der Waals surface area contributed by atoms with Gasteiger partial charge in [0.15, 0.2) is 0 Å². The fourth-order valence-electron chi connectivity index (χ4n) is 1.87. The Morgan fingerprint density at radius 1 is 1.17 bits per heavy atom. The van der Waals surface area contributed by atoms with E-state index in [-0.39, 0.29) is 29.2 Å². The summed E-state index contributed by atoms with van der Waals surface area (Å²) in [5.74, 6) is -1.58. The molecule has 7 heteroatoms. The second kappa shape index (κ2) is 7.62. The summed E-state index contributed by atoms with van der Waals surface area (Å²) in [6.07, 6.45) is 0.321. The van der Waals surface area contributed by atoms with Gasteiger partial charge >= 0.3 is 5.97 Å². The van der Waals surface area contributed by atoms with Crippen molar-refractivity contribution in [3.8, 4) is 5.75 Å². The number of benzene rings is 1. The van der Waals surface area contributed by atoms with Gasteiger partial charge in [-0.3, -0.25) is 9.59 Å². The van der Waals surface area contributed by atoms with Crippen LogP contribution >= 0.6 is 0 Å². The zero-order valence-corrected chi connectivity index (χ0v) is 13.7. The van der Waals surface area contributed by atoms with E-state index in [2.05, 4.69) is 10.6 Å². The number of carbonyl (C=O) groups excluding carboxylic acids is 2. The third kappa shape index (κ3) is 6.37. The van der Waals surface area contributed by atoms with Crippen LogP contribution in [0.1, 0.15) is 37.6 Å². The van der Waals surface area contributed by atoms with E-state index in [4.69, 9.17) is 9.84 Å². The fraction of sp³-hybridized carbons (Fsp3) is 0.438. The van der Waals surface area contributed by atoms with Crippen LogP contribution in [0.5, 0.6) is 5.75 Å². The normalized spacial score (nSPS) is 10.8. The van der Waals surface area contributed by atoms with E-state index in [1.807, 2.05) is 20.8 Å². The van der Waals surface area contributed by atoms with E-state index < -0.39 is 11.9 Å². The molecule has 0 radical (unpaired) electrons. The van der Waals surface area contributed by atoms with Crippen LogP contribution in [0.15, 0.2) is 18.2 Å². The molecule has 1 rings (SSSR count). The monoisotopic (exact) mass is 322 g/mol. The fourth-order valence-corrected chi connectivity index (χ4v) is 1.87. The molecule has 0 saturated heterocycles. The van der Waals surface area contributed by atoms with Gasteiger partial charge in [0.2, 0.25) is 11.8 Å². The van der Waals surface area contributed by atoms with Gasteiger partial charge in [0.05, 0.1) is 13.7 Å². The first kappa shape index (κ1) is 18.5. The summed E-state index contributed by atoms with van der Waals surface area (Å²) in [7, 11) is 1.35. The minimum absolute atomic E-state index is 0.00368. The van der Waals surface area contributed by atoms with Gasteiger partial charge in [-0.2, -0.15) is 0 Å². The Morgan fingerprint density at radius 2 is 1.83 bits per heavy atom. The Balaban J connectivity index is 2.61. The number of aromatic carboxylic acids is 1. The lowest BCUT2D eigenvalue weighted by molar-refractivity contribution is -0.125. The molecule has 0 saturated carbocycles. The molecule has 7 nitrogen and oxygen atoms in total. The van der Waals surface area contributed by atoms with Gasteiger partial charge in [0, 0.05) is 18.2 Å². The molecule has 126 valence electrons. The van der Waals surface area contributed by atoms with Crippen LogP contribution in [0, 0.1) is 5.41 Å². The average Bonchev–Trinajstić information content (AvgIpc) is 2.43.